The van der Waals surface area contributed by atoms with Gasteiger partial charge in [-0.1, -0.05) is 30.3 Å². The van der Waals surface area contributed by atoms with Gasteiger partial charge in [0, 0.05) is 29.4 Å². The number of amides is 2. The van der Waals surface area contributed by atoms with Crippen molar-refractivity contribution in [3.05, 3.63) is 71.1 Å². The third-order valence-electron chi connectivity index (χ3n) is 5.86. The van der Waals surface area contributed by atoms with Gasteiger partial charge in [-0.05, 0) is 31.5 Å². The Morgan fingerprint density at radius 1 is 1.06 bits per heavy atom. The molecule has 34 heavy (non-hydrogen) atoms. The van der Waals surface area contributed by atoms with Gasteiger partial charge in [-0.25, -0.2) is 4.79 Å². The van der Waals surface area contributed by atoms with E-state index in [0.29, 0.717) is 30.2 Å². The molecule has 2 amide bonds. The van der Waals surface area contributed by atoms with Crippen molar-refractivity contribution in [3.8, 4) is 11.5 Å². The number of nitrogens with zero attached hydrogens (tertiary/aromatic N) is 2. The Morgan fingerprint density at radius 2 is 1.76 bits per heavy atom. The minimum Gasteiger partial charge on any atom is -0.496 e. The van der Waals surface area contributed by atoms with E-state index in [0.717, 1.165) is 16.7 Å². The fourth-order valence-electron chi connectivity index (χ4n) is 4.43. The second-order valence-corrected chi connectivity index (χ2v) is 8.50. The first-order valence-electron chi connectivity index (χ1n) is 11.3. The summed E-state index contributed by atoms with van der Waals surface area (Å²) in [5.74, 6) is 1.15. The molecule has 8 nitrogen and oxygen atoms in total. The van der Waals surface area contributed by atoms with Crippen molar-refractivity contribution in [1.29, 1.82) is 0 Å². The predicted molar refractivity (Wildman–Crippen MR) is 125 cm³/mol. The molecule has 0 fully saturated rings. The predicted octanol–water partition coefficient (Wildman–Crippen LogP) is 4.05. The van der Waals surface area contributed by atoms with Crippen molar-refractivity contribution >= 4 is 12.0 Å². The highest BCUT2D eigenvalue weighted by atomic mass is 16.6. The molecular formula is C26H30N2O6. The molecule has 4 rings (SSSR count). The van der Waals surface area contributed by atoms with Crippen molar-refractivity contribution in [2.45, 2.75) is 39.0 Å². The maximum Gasteiger partial charge on any atom is 0.414 e. The van der Waals surface area contributed by atoms with Crippen molar-refractivity contribution < 1.29 is 28.5 Å². The van der Waals surface area contributed by atoms with Crippen molar-refractivity contribution in [2.24, 2.45) is 0 Å². The molecule has 8 heteroatoms. The zero-order chi connectivity index (χ0) is 24.2. The van der Waals surface area contributed by atoms with Gasteiger partial charge in [0.2, 0.25) is 5.91 Å². The van der Waals surface area contributed by atoms with E-state index in [1.165, 1.54) is 4.90 Å². The average Bonchev–Trinajstić information content (AvgIpc) is 2.82. The number of carbonyl (C=O) groups excluding carboxylic acids is 2. The van der Waals surface area contributed by atoms with E-state index in [-0.39, 0.29) is 25.2 Å². The third kappa shape index (κ3) is 4.72. The number of ether oxygens (including phenoxy) is 4. The lowest BCUT2D eigenvalue weighted by atomic mass is 9.88. The highest BCUT2D eigenvalue weighted by Crippen LogP contribution is 2.45. The van der Waals surface area contributed by atoms with Crippen LogP contribution < -0.4 is 9.47 Å². The summed E-state index contributed by atoms with van der Waals surface area (Å²) in [4.78, 5) is 28.9. The normalized spacial score (nSPS) is 17.1. The molecule has 0 saturated carbocycles. The maximum atomic E-state index is 13.3. The lowest BCUT2D eigenvalue weighted by Crippen LogP contribution is -2.50. The molecule has 0 aromatic heterocycles. The number of rotatable bonds is 7. The minimum absolute atomic E-state index is 0.105. The number of carbonyl (C=O) groups is 2. The summed E-state index contributed by atoms with van der Waals surface area (Å²) < 4.78 is 22.7. The Kier molecular flexibility index (Phi) is 7.07. The lowest BCUT2D eigenvalue weighted by Gasteiger charge is -2.43. The van der Waals surface area contributed by atoms with E-state index < -0.39 is 12.1 Å². The summed E-state index contributed by atoms with van der Waals surface area (Å²) in [7, 11) is 3.22. The van der Waals surface area contributed by atoms with Gasteiger partial charge in [0.25, 0.3) is 0 Å². The van der Waals surface area contributed by atoms with Crippen LogP contribution in [-0.2, 0) is 27.3 Å². The van der Waals surface area contributed by atoms with Gasteiger partial charge in [-0.2, -0.15) is 0 Å². The summed E-state index contributed by atoms with van der Waals surface area (Å²) in [6.07, 6.45) is 1.27. The Morgan fingerprint density at radius 3 is 2.44 bits per heavy atom. The van der Waals surface area contributed by atoms with Gasteiger partial charge in [0.1, 0.15) is 18.0 Å². The summed E-state index contributed by atoms with van der Waals surface area (Å²) in [5, 5.41) is 0. The Labute approximate surface area is 199 Å². The number of fused-ring (bicyclic) bond motifs is 2. The van der Waals surface area contributed by atoms with Crippen molar-refractivity contribution in [2.75, 3.05) is 27.4 Å². The minimum atomic E-state index is -0.546. The van der Waals surface area contributed by atoms with Crippen LogP contribution in [-0.4, -0.2) is 55.3 Å². The van der Waals surface area contributed by atoms with Gasteiger partial charge in [-0.3, -0.25) is 9.69 Å². The van der Waals surface area contributed by atoms with E-state index in [1.54, 1.807) is 39.2 Å². The molecule has 1 atom stereocenters. The number of hydrogen-bond donors (Lipinski definition) is 0. The van der Waals surface area contributed by atoms with Crippen LogP contribution in [0.5, 0.6) is 11.5 Å². The molecule has 2 aliphatic rings. The molecule has 0 aliphatic carbocycles. The summed E-state index contributed by atoms with van der Waals surface area (Å²) >= 11 is 0. The molecule has 2 aromatic rings. The van der Waals surface area contributed by atoms with E-state index in [9.17, 15) is 9.59 Å². The van der Waals surface area contributed by atoms with E-state index >= 15 is 0 Å². The van der Waals surface area contributed by atoms with Crippen LogP contribution in [0.25, 0.3) is 0 Å². The number of allylic oxidation sites excluding steroid dienone is 1. The van der Waals surface area contributed by atoms with Gasteiger partial charge < -0.3 is 23.8 Å². The molecule has 180 valence electrons. The van der Waals surface area contributed by atoms with Crippen LogP contribution in [0.3, 0.4) is 0 Å². The summed E-state index contributed by atoms with van der Waals surface area (Å²) in [6, 6.07) is 13.1. The molecule has 2 heterocycles. The zero-order valence-corrected chi connectivity index (χ0v) is 19.9. The molecule has 0 spiro atoms. The SMILES string of the molecule is COc1ccc(OC)c2c1CC1=CN(C(=O)OC(C)C)CC(=O)N1C2COCc1ccccc1. The molecule has 2 aromatic carbocycles. The fraction of sp³-hybridized carbons (Fsp3) is 0.385. The topological polar surface area (TPSA) is 77.5 Å². The van der Waals surface area contributed by atoms with Crippen LogP contribution in [0.4, 0.5) is 4.79 Å². The average molecular weight is 467 g/mol. The van der Waals surface area contributed by atoms with Crippen LogP contribution in [0.15, 0.2) is 54.4 Å². The Hall–Kier alpha value is -3.52. The van der Waals surface area contributed by atoms with Crippen molar-refractivity contribution in [1.82, 2.24) is 9.80 Å². The van der Waals surface area contributed by atoms with E-state index in [4.69, 9.17) is 18.9 Å². The second-order valence-electron chi connectivity index (χ2n) is 8.50. The van der Waals surface area contributed by atoms with E-state index in [2.05, 4.69) is 0 Å². The quantitative estimate of drug-likeness (QED) is 0.613. The molecule has 0 radical (unpaired) electrons. The monoisotopic (exact) mass is 466 g/mol. The summed E-state index contributed by atoms with van der Waals surface area (Å²) in [5.41, 5.74) is 3.49. The van der Waals surface area contributed by atoms with Gasteiger partial charge >= 0.3 is 6.09 Å². The molecule has 0 N–H and O–H groups in total. The zero-order valence-electron chi connectivity index (χ0n) is 19.9. The summed E-state index contributed by atoms with van der Waals surface area (Å²) in [6.45, 7) is 4.11. The third-order valence-corrected chi connectivity index (χ3v) is 5.86. The largest absolute Gasteiger partial charge is 0.496 e. The first-order chi connectivity index (χ1) is 16.4. The molecule has 0 bridgehead atoms. The van der Waals surface area contributed by atoms with E-state index in [1.807, 2.05) is 42.5 Å². The molecule has 1 unspecified atom stereocenters. The lowest BCUT2D eigenvalue weighted by molar-refractivity contribution is -0.135. The van der Waals surface area contributed by atoms with Crippen LogP contribution in [0.2, 0.25) is 0 Å². The van der Waals surface area contributed by atoms with Crippen LogP contribution >= 0.6 is 0 Å². The highest BCUT2D eigenvalue weighted by molar-refractivity contribution is 5.87. The molecular weight excluding hydrogens is 436 g/mol. The fourth-order valence-corrected chi connectivity index (χ4v) is 4.43. The Balaban J connectivity index is 1.71. The number of benzene rings is 2. The van der Waals surface area contributed by atoms with Gasteiger partial charge in [0.15, 0.2) is 0 Å². The maximum absolute atomic E-state index is 13.3. The van der Waals surface area contributed by atoms with Gasteiger partial charge in [0.05, 0.1) is 39.6 Å². The Bertz CT molecular complexity index is 1080. The molecule has 0 saturated heterocycles. The van der Waals surface area contributed by atoms with Gasteiger partial charge in [-0.15, -0.1) is 0 Å². The first-order valence-corrected chi connectivity index (χ1v) is 11.3. The first kappa shape index (κ1) is 23.6. The highest BCUT2D eigenvalue weighted by Gasteiger charge is 2.41. The molecule has 2 aliphatic heterocycles. The number of hydrogen-bond acceptors (Lipinski definition) is 6. The van der Waals surface area contributed by atoms with Crippen LogP contribution in [0, 0.1) is 0 Å². The second kappa shape index (κ2) is 10.2. The van der Waals surface area contributed by atoms with Crippen molar-refractivity contribution in [3.63, 3.8) is 0 Å². The smallest absolute Gasteiger partial charge is 0.414 e. The van der Waals surface area contributed by atoms with Crippen LogP contribution in [0.1, 0.15) is 36.6 Å². The standard InChI is InChI=1S/C26H30N2O6/c1-17(2)34-26(30)27-13-19-12-20-22(31-3)10-11-23(32-4)25(20)21(28(19)24(29)14-27)16-33-15-18-8-6-5-7-9-18/h5-11,13,17,21H,12,14-16H2,1-4H3. The number of methoxy groups -OCH3 is 2.